The fourth-order valence-corrected chi connectivity index (χ4v) is 2.08. The van der Waals surface area contributed by atoms with E-state index in [2.05, 4.69) is 45.0 Å². The molecule has 0 N–H and O–H groups in total. The lowest BCUT2D eigenvalue weighted by Crippen LogP contribution is -2.17. The van der Waals surface area contributed by atoms with E-state index < -0.39 is 0 Å². The van der Waals surface area contributed by atoms with Crippen molar-refractivity contribution in [2.45, 2.75) is 45.8 Å². The van der Waals surface area contributed by atoms with E-state index in [1.807, 2.05) is 0 Å². The highest BCUT2D eigenvalue weighted by molar-refractivity contribution is 5.33. The number of hydrogen-bond donors (Lipinski definition) is 0. The van der Waals surface area contributed by atoms with Gasteiger partial charge in [-0.25, -0.2) is 0 Å². The zero-order valence-electron chi connectivity index (χ0n) is 9.86. The molecule has 15 heavy (non-hydrogen) atoms. The van der Waals surface area contributed by atoms with Crippen LogP contribution in [0.25, 0.3) is 0 Å². The summed E-state index contributed by atoms with van der Waals surface area (Å²) in [4.78, 5) is 0. The van der Waals surface area contributed by atoms with Gasteiger partial charge in [0.15, 0.2) is 0 Å². The molecule has 82 valence electrons. The van der Waals surface area contributed by atoms with Gasteiger partial charge in [0, 0.05) is 0 Å². The molecule has 1 unspecified atom stereocenters. The van der Waals surface area contributed by atoms with Crippen molar-refractivity contribution in [1.29, 1.82) is 0 Å². The molecule has 1 aromatic carbocycles. The Bertz CT molecular complexity index is 330. The highest BCUT2D eigenvalue weighted by atomic mass is 16.5. The molecule has 0 radical (unpaired) electrons. The van der Waals surface area contributed by atoms with Gasteiger partial charge in [-0.1, -0.05) is 38.1 Å². The Morgan fingerprint density at radius 1 is 1.20 bits per heavy atom. The summed E-state index contributed by atoms with van der Waals surface area (Å²) >= 11 is 0. The Balaban J connectivity index is 2.08. The fraction of sp³-hybridized carbons (Fsp3) is 0.571. The molecule has 0 fully saturated rings. The Hall–Kier alpha value is -0.820. The molecule has 1 nitrogen and oxygen atoms in total. The molecule has 2 atom stereocenters. The maximum atomic E-state index is 6.10. The van der Waals surface area contributed by atoms with Gasteiger partial charge in [-0.3, -0.25) is 0 Å². The van der Waals surface area contributed by atoms with Crippen molar-refractivity contribution in [1.82, 2.24) is 0 Å². The average Bonchev–Trinajstić information content (AvgIpc) is 2.62. The molecular formula is C14H20O. The Kier molecular flexibility index (Phi) is 3.11. The third-order valence-electron chi connectivity index (χ3n) is 3.40. The fourth-order valence-electron chi connectivity index (χ4n) is 2.08. The molecule has 1 heteroatoms. The lowest BCUT2D eigenvalue weighted by Gasteiger charge is -2.22. The Morgan fingerprint density at radius 3 is 2.67 bits per heavy atom. The van der Waals surface area contributed by atoms with E-state index in [1.165, 1.54) is 17.5 Å². The van der Waals surface area contributed by atoms with Gasteiger partial charge in [0.2, 0.25) is 0 Å². The van der Waals surface area contributed by atoms with E-state index in [0.29, 0.717) is 18.1 Å². The van der Waals surface area contributed by atoms with Crippen LogP contribution in [0, 0.1) is 5.92 Å². The van der Waals surface area contributed by atoms with E-state index >= 15 is 0 Å². The summed E-state index contributed by atoms with van der Waals surface area (Å²) in [6.07, 6.45) is 3.00. The quantitative estimate of drug-likeness (QED) is 0.729. The zero-order valence-corrected chi connectivity index (χ0v) is 9.86. The lowest BCUT2D eigenvalue weighted by atomic mass is 10.1. The maximum absolute atomic E-state index is 6.10. The molecule has 1 aromatic rings. The highest BCUT2D eigenvalue weighted by Crippen LogP contribution is 2.35. The number of benzene rings is 1. The number of rotatable bonds is 3. The second kappa shape index (κ2) is 4.36. The van der Waals surface area contributed by atoms with E-state index in [0.717, 1.165) is 6.42 Å². The van der Waals surface area contributed by atoms with Crippen LogP contribution in [0.4, 0.5) is 0 Å². The third-order valence-corrected chi connectivity index (χ3v) is 3.40. The van der Waals surface area contributed by atoms with Crippen LogP contribution < -0.4 is 0 Å². The first-order chi connectivity index (χ1) is 7.18. The van der Waals surface area contributed by atoms with Gasteiger partial charge in [-0.15, -0.1) is 0 Å². The van der Waals surface area contributed by atoms with Gasteiger partial charge in [0.25, 0.3) is 0 Å². The van der Waals surface area contributed by atoms with Crippen LogP contribution in [0.15, 0.2) is 24.3 Å². The van der Waals surface area contributed by atoms with Crippen molar-refractivity contribution in [3.63, 3.8) is 0 Å². The largest absolute Gasteiger partial charge is 0.370 e. The standard InChI is InChI=1S/C14H20O/c1-10(2)11(3)15-14-9-8-12-6-4-5-7-13(12)14/h4-7,10-11,14H,8-9H2,1-3H3/t11-,14?/m1/s1. The summed E-state index contributed by atoms with van der Waals surface area (Å²) < 4.78 is 6.10. The Morgan fingerprint density at radius 2 is 1.93 bits per heavy atom. The third kappa shape index (κ3) is 2.23. The van der Waals surface area contributed by atoms with Crippen molar-refractivity contribution < 1.29 is 4.74 Å². The van der Waals surface area contributed by atoms with Crippen LogP contribution in [0.3, 0.4) is 0 Å². The minimum atomic E-state index is 0.332. The predicted octanol–water partition coefficient (Wildman–Crippen LogP) is 3.74. The van der Waals surface area contributed by atoms with E-state index in [1.54, 1.807) is 0 Å². The molecule has 0 saturated carbocycles. The minimum absolute atomic E-state index is 0.332. The molecule has 0 spiro atoms. The van der Waals surface area contributed by atoms with Gasteiger partial charge < -0.3 is 4.74 Å². The normalized spacial score (nSPS) is 21.7. The van der Waals surface area contributed by atoms with E-state index in [4.69, 9.17) is 4.74 Å². The van der Waals surface area contributed by atoms with Gasteiger partial charge in [0.05, 0.1) is 12.2 Å². The first kappa shape index (κ1) is 10.7. The zero-order chi connectivity index (χ0) is 10.8. The van der Waals surface area contributed by atoms with Gasteiger partial charge in [0.1, 0.15) is 0 Å². The van der Waals surface area contributed by atoms with Crippen LogP contribution in [0.5, 0.6) is 0 Å². The molecule has 0 aromatic heterocycles. The molecular weight excluding hydrogens is 184 g/mol. The van der Waals surface area contributed by atoms with Crippen molar-refractivity contribution >= 4 is 0 Å². The second-order valence-electron chi connectivity index (χ2n) is 4.81. The SMILES string of the molecule is CC(C)[C@@H](C)OC1CCc2ccccc21. The predicted molar refractivity (Wildman–Crippen MR) is 62.9 cm³/mol. The number of hydrogen-bond acceptors (Lipinski definition) is 1. The highest BCUT2D eigenvalue weighted by Gasteiger charge is 2.24. The molecule has 0 amide bonds. The molecule has 1 aliphatic carbocycles. The van der Waals surface area contributed by atoms with Gasteiger partial charge in [-0.2, -0.15) is 0 Å². The molecule has 0 aliphatic heterocycles. The molecule has 2 rings (SSSR count). The average molecular weight is 204 g/mol. The van der Waals surface area contributed by atoms with Gasteiger partial charge in [-0.05, 0) is 36.8 Å². The number of fused-ring (bicyclic) bond motifs is 1. The van der Waals surface area contributed by atoms with Crippen LogP contribution in [-0.4, -0.2) is 6.10 Å². The molecule has 0 saturated heterocycles. The van der Waals surface area contributed by atoms with Gasteiger partial charge >= 0.3 is 0 Å². The first-order valence-corrected chi connectivity index (χ1v) is 5.91. The number of aryl methyl sites for hydroxylation is 1. The monoisotopic (exact) mass is 204 g/mol. The Labute approximate surface area is 92.5 Å². The number of ether oxygens (including phenoxy) is 1. The van der Waals surface area contributed by atoms with Crippen molar-refractivity contribution in [3.05, 3.63) is 35.4 Å². The summed E-state index contributed by atoms with van der Waals surface area (Å²) in [7, 11) is 0. The van der Waals surface area contributed by atoms with Crippen LogP contribution in [0.1, 0.15) is 44.4 Å². The van der Waals surface area contributed by atoms with E-state index in [-0.39, 0.29) is 0 Å². The van der Waals surface area contributed by atoms with Crippen LogP contribution in [0.2, 0.25) is 0 Å². The van der Waals surface area contributed by atoms with Crippen molar-refractivity contribution in [3.8, 4) is 0 Å². The molecule has 0 heterocycles. The first-order valence-electron chi connectivity index (χ1n) is 5.91. The maximum Gasteiger partial charge on any atom is 0.0834 e. The summed E-state index contributed by atoms with van der Waals surface area (Å²) in [6.45, 7) is 6.60. The molecule has 1 aliphatic rings. The van der Waals surface area contributed by atoms with Crippen LogP contribution >= 0.6 is 0 Å². The van der Waals surface area contributed by atoms with E-state index in [9.17, 15) is 0 Å². The van der Waals surface area contributed by atoms with Crippen molar-refractivity contribution in [2.24, 2.45) is 5.92 Å². The summed E-state index contributed by atoms with van der Waals surface area (Å²) in [5.74, 6) is 0.595. The second-order valence-corrected chi connectivity index (χ2v) is 4.81. The minimum Gasteiger partial charge on any atom is -0.370 e. The summed E-state index contributed by atoms with van der Waals surface area (Å²) in [5, 5.41) is 0. The summed E-state index contributed by atoms with van der Waals surface area (Å²) in [6, 6.07) is 8.66. The smallest absolute Gasteiger partial charge is 0.0834 e. The topological polar surface area (TPSA) is 9.23 Å². The lowest BCUT2D eigenvalue weighted by molar-refractivity contribution is -0.0255. The van der Waals surface area contributed by atoms with Crippen molar-refractivity contribution in [2.75, 3.05) is 0 Å². The van der Waals surface area contributed by atoms with Crippen LogP contribution in [-0.2, 0) is 11.2 Å². The molecule has 0 bridgehead atoms. The summed E-state index contributed by atoms with van der Waals surface area (Å²) in [5.41, 5.74) is 2.88.